The summed E-state index contributed by atoms with van der Waals surface area (Å²) in [7, 11) is 0.0175. The van der Waals surface area contributed by atoms with E-state index >= 15 is 0 Å². The molecule has 0 aliphatic rings. The fourth-order valence-corrected chi connectivity index (χ4v) is 4.78. The van der Waals surface area contributed by atoms with Crippen LogP contribution in [0.25, 0.3) is 0 Å². The van der Waals surface area contributed by atoms with E-state index in [0.29, 0.717) is 17.1 Å². The first-order valence-electron chi connectivity index (χ1n) is 10.5. The summed E-state index contributed by atoms with van der Waals surface area (Å²) >= 11 is 0. The second kappa shape index (κ2) is 11.0. The molecular weight excluding hydrogens is 490 g/mol. The summed E-state index contributed by atoms with van der Waals surface area (Å²) in [5, 5.41) is 13.7. The number of hydrogen-bond acceptors (Lipinski definition) is 8. The molecule has 0 unspecified atom stereocenters. The molecule has 0 radical (unpaired) electrons. The van der Waals surface area contributed by atoms with Crippen molar-refractivity contribution in [1.82, 2.24) is 0 Å². The Morgan fingerprint density at radius 1 is 0.944 bits per heavy atom. The van der Waals surface area contributed by atoms with Crippen LogP contribution in [0.2, 0.25) is 0 Å². The maximum atomic E-state index is 13.7. The van der Waals surface area contributed by atoms with Crippen LogP contribution in [0.4, 0.5) is 17.1 Å². The Kier molecular flexibility index (Phi) is 8.00. The van der Waals surface area contributed by atoms with Crippen molar-refractivity contribution in [2.45, 2.75) is 11.8 Å². The van der Waals surface area contributed by atoms with Gasteiger partial charge in [-0.25, -0.2) is 8.42 Å². The molecule has 0 atom stereocenters. The van der Waals surface area contributed by atoms with E-state index < -0.39 is 27.4 Å². The summed E-state index contributed by atoms with van der Waals surface area (Å²) in [5.41, 5.74) is 0.775. The van der Waals surface area contributed by atoms with Gasteiger partial charge in [0.15, 0.2) is 11.5 Å². The Bertz CT molecular complexity index is 1370. The molecule has 0 spiro atoms. The lowest BCUT2D eigenvalue weighted by Gasteiger charge is -2.25. The monoisotopic (exact) mass is 515 g/mol. The average molecular weight is 516 g/mol. The molecule has 0 saturated heterocycles. The molecule has 0 fully saturated rings. The summed E-state index contributed by atoms with van der Waals surface area (Å²) in [5.74, 6) is 0.341. The summed E-state index contributed by atoms with van der Waals surface area (Å²) in [4.78, 5) is 23.4. The van der Waals surface area contributed by atoms with Crippen molar-refractivity contribution in [1.29, 1.82) is 0 Å². The smallest absolute Gasteiger partial charge is 0.271 e. The molecule has 0 heterocycles. The zero-order chi connectivity index (χ0) is 26.5. The molecule has 12 heteroatoms. The van der Waals surface area contributed by atoms with Crippen LogP contribution < -0.4 is 23.8 Å². The van der Waals surface area contributed by atoms with Crippen molar-refractivity contribution in [2.75, 3.05) is 37.5 Å². The number of sulfonamides is 1. The number of rotatable bonds is 10. The predicted octanol–water partition coefficient (Wildman–Crippen LogP) is 3.76. The molecule has 0 aliphatic carbocycles. The number of carbonyl (C=O) groups is 1. The number of non-ortho nitro benzene ring substituents is 1. The van der Waals surface area contributed by atoms with E-state index in [-0.39, 0.29) is 27.7 Å². The highest BCUT2D eigenvalue weighted by atomic mass is 32.2. The van der Waals surface area contributed by atoms with Crippen LogP contribution in [0.1, 0.15) is 5.56 Å². The highest BCUT2D eigenvalue weighted by Crippen LogP contribution is 2.33. The van der Waals surface area contributed by atoms with Gasteiger partial charge in [0.25, 0.3) is 15.7 Å². The largest absolute Gasteiger partial charge is 0.497 e. The SMILES string of the molecule is COc1ccc(N(CC(=O)Nc2cc([N+](=O)[O-])ccc2C)S(=O)(=O)c2ccc(OC)c(OC)c2)cc1. The Morgan fingerprint density at radius 2 is 1.61 bits per heavy atom. The van der Waals surface area contributed by atoms with Crippen LogP contribution in [0, 0.1) is 17.0 Å². The third-order valence-electron chi connectivity index (χ3n) is 5.30. The molecule has 1 N–H and O–H groups in total. The molecule has 190 valence electrons. The van der Waals surface area contributed by atoms with Crippen LogP contribution in [0.15, 0.2) is 65.6 Å². The second-order valence-corrected chi connectivity index (χ2v) is 9.39. The number of nitrogens with zero attached hydrogens (tertiary/aromatic N) is 2. The molecule has 0 saturated carbocycles. The van der Waals surface area contributed by atoms with E-state index in [1.165, 1.54) is 69.9 Å². The van der Waals surface area contributed by atoms with Gasteiger partial charge in [0.05, 0.1) is 42.5 Å². The van der Waals surface area contributed by atoms with Gasteiger partial charge in [0.1, 0.15) is 12.3 Å². The fraction of sp³-hybridized carbons (Fsp3) is 0.208. The molecule has 11 nitrogen and oxygen atoms in total. The highest BCUT2D eigenvalue weighted by Gasteiger charge is 2.29. The fourth-order valence-electron chi connectivity index (χ4n) is 3.35. The topological polar surface area (TPSA) is 137 Å². The first-order chi connectivity index (χ1) is 17.1. The lowest BCUT2D eigenvalue weighted by molar-refractivity contribution is -0.384. The molecule has 0 aromatic heterocycles. The van der Waals surface area contributed by atoms with Crippen LogP contribution in [0.5, 0.6) is 17.2 Å². The van der Waals surface area contributed by atoms with Gasteiger partial charge in [0.2, 0.25) is 5.91 Å². The zero-order valence-electron chi connectivity index (χ0n) is 20.0. The van der Waals surface area contributed by atoms with Crippen molar-refractivity contribution >= 4 is 33.0 Å². The maximum absolute atomic E-state index is 13.7. The number of nitro groups is 1. The first kappa shape index (κ1) is 26.3. The van der Waals surface area contributed by atoms with Gasteiger partial charge in [-0.3, -0.25) is 19.2 Å². The minimum atomic E-state index is -4.26. The lowest BCUT2D eigenvalue weighted by Crippen LogP contribution is -2.38. The quantitative estimate of drug-likeness (QED) is 0.318. The van der Waals surface area contributed by atoms with E-state index in [9.17, 15) is 23.3 Å². The van der Waals surface area contributed by atoms with Crippen molar-refractivity contribution in [3.8, 4) is 17.2 Å². The van der Waals surface area contributed by atoms with Crippen molar-refractivity contribution < 1.29 is 32.3 Å². The van der Waals surface area contributed by atoms with Gasteiger partial charge in [-0.15, -0.1) is 0 Å². The summed E-state index contributed by atoms with van der Waals surface area (Å²) in [6.45, 7) is 1.06. The number of ether oxygens (including phenoxy) is 3. The number of anilines is 2. The number of amides is 1. The molecule has 3 aromatic rings. The standard InChI is InChI=1S/C24H25N3O8S/c1-16-5-6-18(27(29)30)13-21(16)25-24(28)15-26(17-7-9-19(33-2)10-8-17)36(31,32)20-11-12-22(34-3)23(14-20)35-4/h5-14H,15H2,1-4H3,(H,25,28). The molecule has 3 aromatic carbocycles. The van der Waals surface area contributed by atoms with Crippen molar-refractivity contribution in [2.24, 2.45) is 0 Å². The van der Waals surface area contributed by atoms with Crippen LogP contribution in [0.3, 0.4) is 0 Å². The van der Waals surface area contributed by atoms with Gasteiger partial charge in [-0.2, -0.15) is 0 Å². The van der Waals surface area contributed by atoms with Gasteiger partial charge in [0, 0.05) is 18.2 Å². The van der Waals surface area contributed by atoms with Gasteiger partial charge in [-0.05, 0) is 48.9 Å². The highest BCUT2D eigenvalue weighted by molar-refractivity contribution is 7.92. The molecule has 3 rings (SSSR count). The van der Waals surface area contributed by atoms with Gasteiger partial charge >= 0.3 is 0 Å². The van der Waals surface area contributed by atoms with Crippen molar-refractivity contribution in [3.05, 3.63) is 76.3 Å². The lowest BCUT2D eigenvalue weighted by atomic mass is 10.2. The molecule has 0 aliphatic heterocycles. The molecule has 0 bridgehead atoms. The van der Waals surface area contributed by atoms with E-state index in [2.05, 4.69) is 5.32 Å². The first-order valence-corrected chi connectivity index (χ1v) is 12.0. The summed E-state index contributed by atoms with van der Waals surface area (Å²) in [6.07, 6.45) is 0. The number of aryl methyl sites for hydroxylation is 1. The van der Waals surface area contributed by atoms with Gasteiger partial charge < -0.3 is 19.5 Å². The van der Waals surface area contributed by atoms with Gasteiger partial charge in [-0.1, -0.05) is 6.07 Å². The van der Waals surface area contributed by atoms with E-state index in [1.54, 1.807) is 19.1 Å². The third kappa shape index (κ3) is 5.66. The normalized spacial score (nSPS) is 10.9. The summed E-state index contributed by atoms with van der Waals surface area (Å²) in [6, 6.07) is 14.3. The number of hydrogen-bond donors (Lipinski definition) is 1. The Morgan fingerprint density at radius 3 is 2.19 bits per heavy atom. The maximum Gasteiger partial charge on any atom is 0.271 e. The Labute approximate surface area is 208 Å². The Hall–Kier alpha value is -4.32. The van der Waals surface area contributed by atoms with E-state index in [4.69, 9.17) is 14.2 Å². The van der Waals surface area contributed by atoms with Crippen LogP contribution in [-0.2, 0) is 14.8 Å². The third-order valence-corrected chi connectivity index (χ3v) is 7.07. The number of nitro benzene ring substituents is 1. The van der Waals surface area contributed by atoms with Crippen molar-refractivity contribution in [3.63, 3.8) is 0 Å². The second-order valence-electron chi connectivity index (χ2n) is 7.53. The number of nitrogens with one attached hydrogen (secondary N) is 1. The predicted molar refractivity (Wildman–Crippen MR) is 134 cm³/mol. The number of benzene rings is 3. The summed E-state index contributed by atoms with van der Waals surface area (Å²) < 4.78 is 43.9. The minimum Gasteiger partial charge on any atom is -0.497 e. The molecular formula is C24H25N3O8S. The average Bonchev–Trinajstić information content (AvgIpc) is 2.87. The number of methoxy groups -OCH3 is 3. The van der Waals surface area contributed by atoms with Crippen LogP contribution in [-0.4, -0.2) is 47.1 Å². The minimum absolute atomic E-state index is 0.129. The van der Waals surface area contributed by atoms with E-state index in [1.807, 2.05) is 0 Å². The molecule has 1 amide bonds. The van der Waals surface area contributed by atoms with Crippen LogP contribution >= 0.6 is 0 Å². The number of carbonyl (C=O) groups excluding carboxylic acids is 1. The Balaban J connectivity index is 2.01. The molecule has 36 heavy (non-hydrogen) atoms. The zero-order valence-corrected chi connectivity index (χ0v) is 20.9. The van der Waals surface area contributed by atoms with E-state index in [0.717, 1.165) is 4.31 Å².